The molecule has 2 rings (SSSR count). The van der Waals surface area contributed by atoms with Gasteiger partial charge in [-0.2, -0.15) is 0 Å². The maximum absolute atomic E-state index is 13.4. The average Bonchev–Trinajstić information content (AvgIpc) is 3.10. The number of ether oxygens (including phenoxy) is 2. The molecule has 0 bridgehead atoms. The number of rotatable bonds is 12. The molecule has 0 aromatic carbocycles. The molecule has 0 aliphatic carbocycles. The molecule has 0 aliphatic rings. The SMILES string of the molecule is CC(C)OC(=O)C(C)N[P@](=O)(COC(C)Cn1cnc2c(N)ncnc21)C(=O)CCN. The summed E-state index contributed by atoms with van der Waals surface area (Å²) in [5.41, 5.74) is 11.7. The molecular weight excluding hydrogens is 425 g/mol. The first-order valence-corrected chi connectivity index (χ1v) is 11.8. The van der Waals surface area contributed by atoms with Crippen molar-refractivity contribution in [3.05, 3.63) is 12.7 Å². The van der Waals surface area contributed by atoms with E-state index in [1.54, 1.807) is 31.7 Å². The van der Waals surface area contributed by atoms with E-state index >= 15 is 0 Å². The van der Waals surface area contributed by atoms with Crippen LogP contribution in [0.1, 0.15) is 34.1 Å². The summed E-state index contributed by atoms with van der Waals surface area (Å²) in [5.74, 6) is -0.341. The first-order valence-electron chi connectivity index (χ1n) is 9.91. The minimum absolute atomic E-state index is 0.0348. The van der Waals surface area contributed by atoms with E-state index in [-0.39, 0.29) is 24.9 Å². The number of hydrogen-bond donors (Lipinski definition) is 3. The summed E-state index contributed by atoms with van der Waals surface area (Å²) in [4.78, 5) is 36.8. The summed E-state index contributed by atoms with van der Waals surface area (Å²) in [5, 5.41) is 2.63. The normalized spacial score (nSPS) is 15.5. The number of nitrogens with zero attached hydrogens (tertiary/aromatic N) is 4. The van der Waals surface area contributed by atoms with Crippen LogP contribution >= 0.6 is 7.29 Å². The molecule has 0 spiro atoms. The van der Waals surface area contributed by atoms with Crippen LogP contribution in [-0.2, 0) is 30.2 Å². The minimum atomic E-state index is -3.74. The number of nitrogens with two attached hydrogens (primary N) is 2. The zero-order valence-electron chi connectivity index (χ0n) is 18.1. The third-order valence-electron chi connectivity index (χ3n) is 4.29. The third-order valence-corrected chi connectivity index (χ3v) is 6.64. The molecule has 0 saturated heterocycles. The second-order valence-electron chi connectivity index (χ2n) is 7.44. The van der Waals surface area contributed by atoms with Gasteiger partial charge in [0.25, 0.3) is 0 Å². The highest BCUT2D eigenvalue weighted by molar-refractivity contribution is 7.78. The summed E-state index contributed by atoms with van der Waals surface area (Å²) in [6.07, 6.45) is 1.61. The van der Waals surface area contributed by atoms with E-state index in [1.165, 1.54) is 13.3 Å². The largest absolute Gasteiger partial charge is 0.462 e. The van der Waals surface area contributed by atoms with Crippen LogP contribution in [0.25, 0.3) is 11.2 Å². The Balaban J connectivity index is 2.08. The van der Waals surface area contributed by atoms with E-state index in [0.717, 1.165) is 0 Å². The van der Waals surface area contributed by atoms with Crippen molar-refractivity contribution in [3.63, 3.8) is 0 Å². The molecule has 2 aromatic heterocycles. The van der Waals surface area contributed by atoms with Gasteiger partial charge in [0.1, 0.15) is 24.2 Å². The van der Waals surface area contributed by atoms with Gasteiger partial charge in [0.2, 0.25) is 12.8 Å². The molecule has 2 unspecified atom stereocenters. The Morgan fingerprint density at radius 2 is 1.94 bits per heavy atom. The van der Waals surface area contributed by atoms with E-state index in [1.807, 2.05) is 0 Å². The number of aromatic nitrogens is 4. The zero-order chi connectivity index (χ0) is 23.2. The molecule has 0 fully saturated rings. The Morgan fingerprint density at radius 3 is 2.58 bits per heavy atom. The van der Waals surface area contributed by atoms with Crippen molar-refractivity contribution in [2.45, 2.75) is 58.9 Å². The first kappa shape index (κ1) is 24.9. The molecular formula is C18H30N7O5P. The summed E-state index contributed by atoms with van der Waals surface area (Å²) < 4.78 is 25.9. The van der Waals surface area contributed by atoms with E-state index in [0.29, 0.717) is 17.7 Å². The summed E-state index contributed by atoms with van der Waals surface area (Å²) >= 11 is 0. The molecule has 12 nitrogen and oxygen atoms in total. The number of anilines is 1. The van der Waals surface area contributed by atoms with Crippen molar-refractivity contribution < 1.29 is 23.6 Å². The predicted octanol–water partition coefficient (Wildman–Crippen LogP) is 0.854. The van der Waals surface area contributed by atoms with Gasteiger partial charge in [-0.05, 0) is 34.2 Å². The number of carbonyl (C=O) groups is 2. The lowest BCUT2D eigenvalue weighted by molar-refractivity contribution is -0.148. The van der Waals surface area contributed by atoms with Crippen LogP contribution in [0.4, 0.5) is 5.82 Å². The minimum Gasteiger partial charge on any atom is -0.462 e. The second-order valence-corrected chi connectivity index (χ2v) is 9.94. The zero-order valence-corrected chi connectivity index (χ0v) is 19.0. The lowest BCUT2D eigenvalue weighted by atomic mass is 10.4. The third kappa shape index (κ3) is 6.54. The topological polar surface area (TPSA) is 177 Å². The lowest BCUT2D eigenvalue weighted by Gasteiger charge is -2.24. The molecule has 3 atom stereocenters. The summed E-state index contributed by atoms with van der Waals surface area (Å²) in [7, 11) is -3.74. The number of nitrogen functional groups attached to an aromatic ring is 1. The first-order chi connectivity index (χ1) is 14.6. The van der Waals surface area contributed by atoms with E-state index in [9.17, 15) is 14.2 Å². The molecule has 2 heterocycles. The van der Waals surface area contributed by atoms with Gasteiger partial charge < -0.3 is 25.5 Å². The Kier molecular flexibility index (Phi) is 8.63. The monoisotopic (exact) mass is 455 g/mol. The van der Waals surface area contributed by atoms with Crippen LogP contribution in [0.3, 0.4) is 0 Å². The number of fused-ring (bicyclic) bond motifs is 1. The molecule has 2 aromatic rings. The van der Waals surface area contributed by atoms with Crippen molar-refractivity contribution >= 4 is 35.8 Å². The van der Waals surface area contributed by atoms with Gasteiger partial charge in [0.05, 0.1) is 25.1 Å². The van der Waals surface area contributed by atoms with Gasteiger partial charge in [-0.25, -0.2) is 20.0 Å². The number of nitrogens with one attached hydrogen (secondary N) is 1. The van der Waals surface area contributed by atoms with Gasteiger partial charge >= 0.3 is 5.97 Å². The molecule has 0 aliphatic heterocycles. The molecule has 172 valence electrons. The van der Waals surface area contributed by atoms with Gasteiger partial charge in [-0.15, -0.1) is 0 Å². The van der Waals surface area contributed by atoms with Crippen molar-refractivity contribution in [1.82, 2.24) is 24.6 Å². The predicted molar refractivity (Wildman–Crippen MR) is 115 cm³/mol. The van der Waals surface area contributed by atoms with Crippen LogP contribution in [-0.4, -0.2) is 62.2 Å². The van der Waals surface area contributed by atoms with Crippen molar-refractivity contribution in [2.75, 3.05) is 18.6 Å². The van der Waals surface area contributed by atoms with Crippen LogP contribution in [0.2, 0.25) is 0 Å². The maximum Gasteiger partial charge on any atom is 0.323 e. The second kappa shape index (κ2) is 10.8. The Hall–Kier alpha value is -2.40. The lowest BCUT2D eigenvalue weighted by Crippen LogP contribution is -2.37. The summed E-state index contributed by atoms with van der Waals surface area (Å²) in [6.45, 7) is 7.00. The highest BCUT2D eigenvalue weighted by atomic mass is 31.2. The van der Waals surface area contributed by atoms with Gasteiger partial charge in [-0.3, -0.25) is 14.2 Å². The van der Waals surface area contributed by atoms with Gasteiger partial charge in [-0.1, -0.05) is 0 Å². The smallest absolute Gasteiger partial charge is 0.323 e. The number of carbonyl (C=O) groups excluding carboxylic acids is 2. The fourth-order valence-electron chi connectivity index (χ4n) is 2.78. The molecule has 31 heavy (non-hydrogen) atoms. The Bertz CT molecular complexity index is 964. The summed E-state index contributed by atoms with van der Waals surface area (Å²) in [6, 6.07) is -0.953. The Labute approximate surface area is 180 Å². The Morgan fingerprint density at radius 1 is 1.23 bits per heavy atom. The van der Waals surface area contributed by atoms with E-state index < -0.39 is 37.3 Å². The van der Waals surface area contributed by atoms with Gasteiger partial charge in [0.15, 0.2) is 11.5 Å². The maximum atomic E-state index is 13.4. The van der Waals surface area contributed by atoms with Crippen molar-refractivity contribution in [3.8, 4) is 0 Å². The molecule has 0 amide bonds. The van der Waals surface area contributed by atoms with Crippen molar-refractivity contribution in [2.24, 2.45) is 5.73 Å². The quantitative estimate of drug-likeness (QED) is 0.305. The highest BCUT2D eigenvalue weighted by Crippen LogP contribution is 2.44. The fourth-order valence-corrected chi connectivity index (χ4v) is 4.83. The molecule has 5 N–H and O–H groups in total. The number of imidazole rings is 1. The van der Waals surface area contributed by atoms with Crippen molar-refractivity contribution in [1.29, 1.82) is 0 Å². The number of hydrogen-bond acceptors (Lipinski definition) is 10. The number of esters is 1. The van der Waals surface area contributed by atoms with Crippen LogP contribution in [0.15, 0.2) is 12.7 Å². The fraction of sp³-hybridized carbons (Fsp3) is 0.611. The van der Waals surface area contributed by atoms with Crippen LogP contribution in [0.5, 0.6) is 0 Å². The van der Waals surface area contributed by atoms with Gasteiger partial charge in [0, 0.05) is 6.42 Å². The van der Waals surface area contributed by atoms with Crippen LogP contribution < -0.4 is 16.6 Å². The standard InChI is InChI=1S/C18H30N7O5P/c1-11(2)30-18(27)13(4)24-31(28,14(26)5-6-19)10-29-12(3)7-25-9-23-15-16(20)21-8-22-17(15)25/h8-9,11-13H,5-7,10,19H2,1-4H3,(H,24,28)(H2,20,21,22)/t12?,13?,31-/m0/s1. The highest BCUT2D eigenvalue weighted by Gasteiger charge is 2.35. The van der Waals surface area contributed by atoms with Crippen LogP contribution in [0, 0.1) is 0 Å². The molecule has 13 heteroatoms. The van der Waals surface area contributed by atoms with E-state index in [2.05, 4.69) is 20.0 Å². The van der Waals surface area contributed by atoms with E-state index in [4.69, 9.17) is 20.9 Å². The average molecular weight is 455 g/mol. The molecule has 0 saturated carbocycles. The molecule has 0 radical (unpaired) electrons.